The summed E-state index contributed by atoms with van der Waals surface area (Å²) in [4.78, 5) is 33.1. The fourth-order valence-corrected chi connectivity index (χ4v) is 11.2. The number of aldehydes is 1. The third-order valence-electron chi connectivity index (χ3n) is 14.3. The number of methoxy groups -OCH3 is 2. The van der Waals surface area contributed by atoms with E-state index in [4.69, 9.17) is 34.9 Å². The number of carbonyl (C=O) groups is 2. The van der Waals surface area contributed by atoms with Crippen LogP contribution in [0.5, 0.6) is 23.0 Å². The summed E-state index contributed by atoms with van der Waals surface area (Å²) in [5, 5.41) is 12.1. The monoisotopic (exact) mass is 1220 g/mol. The molecule has 0 spiro atoms. The Morgan fingerprint density at radius 2 is 1.19 bits per heavy atom. The Morgan fingerprint density at radius 1 is 0.697 bits per heavy atom. The van der Waals surface area contributed by atoms with Crippen LogP contribution in [0.25, 0.3) is 17.5 Å². The summed E-state index contributed by atoms with van der Waals surface area (Å²) in [5.74, 6) is 7.91. The number of imidazole rings is 2. The molecule has 0 radical (unpaired) electrons. The number of amidine groups is 1. The van der Waals surface area contributed by atoms with E-state index in [1.807, 2.05) is 88.3 Å². The van der Waals surface area contributed by atoms with Crippen molar-refractivity contribution in [3.05, 3.63) is 252 Å². The van der Waals surface area contributed by atoms with E-state index in [9.17, 15) is 18.0 Å². The molecule has 19 nitrogen and oxygen atoms in total. The highest BCUT2D eigenvalue weighted by molar-refractivity contribution is 8.06. The number of sulfone groups is 1. The first-order valence-electron chi connectivity index (χ1n) is 28.3. The molecule has 0 saturated heterocycles. The molecule has 0 aliphatic carbocycles. The van der Waals surface area contributed by atoms with Crippen LogP contribution < -0.4 is 41.3 Å². The molecule has 1 amide bonds. The molecule has 0 bridgehead atoms. The number of aromatic nitrogens is 4. The molecule has 7 aromatic carbocycles. The number of hydrogen-bond acceptors (Lipinski definition) is 15. The largest absolute Gasteiger partial charge is 0.493 e. The predicted molar refractivity (Wildman–Crippen MR) is 349 cm³/mol. The summed E-state index contributed by atoms with van der Waals surface area (Å²) in [5.41, 5.74) is 9.53. The Bertz CT molecular complexity index is 3850. The summed E-state index contributed by atoms with van der Waals surface area (Å²) in [6.07, 6.45) is 16.8. The number of benzene rings is 7. The number of hydrazine groups is 1. The Kier molecular flexibility index (Phi) is 23.3. The standard InChI is InChI=1S/C30H36N4O6S.C28H27N3O2.C10H8N2O.CH4.H3N/c1-30(2,3)40-29(35)33-16-15-22-17-27(39-19-21-11-7-5-8-12-21)26(38-4)18-24(22)25(33)20-41(36,37)28(31)34(32)23-13-9-6-10-14-23;1-32-27-18-25-23(17-28(27)33-19-22-5-3-2-4-6-22)13-14-30-26(25)12-9-21-7-10-24(11-8-21)31-16-15-29-20-31;13-7-9-1-3-10(4-2-9)12-6-5-11-8-12;;/h5-14,17-18,25,31H,15-16,19-20,32H2,1-4H3;2-12,15-18,20,26,30H,13-14,19H2,1H3;1-8H;1H4;1H3/b;12-9+;;;. The zero-order chi connectivity index (χ0) is 61.3. The van der Waals surface area contributed by atoms with E-state index in [1.165, 1.54) is 23.1 Å². The summed E-state index contributed by atoms with van der Waals surface area (Å²) in [6.45, 7) is 7.21. The molecule has 0 fully saturated rings. The van der Waals surface area contributed by atoms with E-state index < -0.39 is 38.5 Å². The van der Waals surface area contributed by atoms with Gasteiger partial charge in [-0.15, -0.1) is 0 Å². The molecule has 2 aliphatic rings. The number of hydrogen-bond donors (Lipinski definition) is 4. The second kappa shape index (κ2) is 31.2. The van der Waals surface area contributed by atoms with Crippen molar-refractivity contribution in [1.82, 2.24) is 35.5 Å². The van der Waals surface area contributed by atoms with Crippen molar-refractivity contribution in [3.8, 4) is 34.4 Å². The van der Waals surface area contributed by atoms with Crippen molar-refractivity contribution in [3.63, 3.8) is 0 Å². The number of fused-ring (bicyclic) bond motifs is 2. The number of nitrogens with zero attached hydrogens (tertiary/aromatic N) is 6. The topological polar surface area (TPSA) is 253 Å². The van der Waals surface area contributed by atoms with Crippen LogP contribution in [-0.4, -0.2) is 88.6 Å². The van der Waals surface area contributed by atoms with Crippen LogP contribution >= 0.6 is 0 Å². The van der Waals surface area contributed by atoms with Gasteiger partial charge in [0.05, 0.1) is 50.4 Å². The minimum atomic E-state index is -4.27. The van der Waals surface area contributed by atoms with Gasteiger partial charge < -0.3 is 44.3 Å². The van der Waals surface area contributed by atoms with Crippen molar-refractivity contribution >= 4 is 39.1 Å². The molecule has 2 aliphatic heterocycles. The average molecular weight is 1220 g/mol. The third kappa shape index (κ3) is 17.7. The number of nitrogens with two attached hydrogens (primary N) is 1. The normalized spacial score (nSPS) is 14.1. The molecule has 0 saturated carbocycles. The fraction of sp³-hybridized carbons (Fsp3) is 0.232. The summed E-state index contributed by atoms with van der Waals surface area (Å²) < 4.78 is 60.1. The van der Waals surface area contributed by atoms with Gasteiger partial charge in [0.2, 0.25) is 15.0 Å². The number of ether oxygens (including phenoxy) is 5. The summed E-state index contributed by atoms with van der Waals surface area (Å²) in [7, 11) is -1.08. The summed E-state index contributed by atoms with van der Waals surface area (Å²) >= 11 is 0. The molecule has 2 aromatic heterocycles. The van der Waals surface area contributed by atoms with Gasteiger partial charge >= 0.3 is 6.09 Å². The van der Waals surface area contributed by atoms with Gasteiger partial charge in [-0.3, -0.25) is 20.1 Å². The number of rotatable bonds is 16. The quantitative estimate of drug-likeness (QED) is 0.0231. The lowest BCUT2D eigenvalue weighted by atomic mass is 9.93. The van der Waals surface area contributed by atoms with E-state index >= 15 is 0 Å². The molecule has 4 heterocycles. The van der Waals surface area contributed by atoms with Crippen molar-refractivity contribution < 1.29 is 41.7 Å². The van der Waals surface area contributed by atoms with E-state index in [-0.39, 0.29) is 26.2 Å². The second-order valence-electron chi connectivity index (χ2n) is 21.5. The summed E-state index contributed by atoms with van der Waals surface area (Å²) in [6, 6.07) is 51.0. The van der Waals surface area contributed by atoms with Gasteiger partial charge in [-0.1, -0.05) is 111 Å². The van der Waals surface area contributed by atoms with Crippen molar-refractivity contribution in [2.24, 2.45) is 5.84 Å². The molecule has 20 heteroatoms. The van der Waals surface area contributed by atoms with Crippen LogP contribution in [-0.2, 0) is 40.6 Å². The van der Waals surface area contributed by atoms with Crippen molar-refractivity contribution in [2.45, 2.75) is 71.9 Å². The Balaban J connectivity index is 0.000000209. The van der Waals surface area contributed by atoms with Gasteiger partial charge in [0.15, 0.2) is 23.0 Å². The Labute approximate surface area is 521 Å². The predicted octanol–water partition coefficient (Wildman–Crippen LogP) is 12.7. The molecule has 7 N–H and O–H groups in total. The van der Waals surface area contributed by atoms with E-state index in [0.29, 0.717) is 47.9 Å². The van der Waals surface area contributed by atoms with Crippen LogP contribution in [0.15, 0.2) is 207 Å². The molecule has 2 atom stereocenters. The van der Waals surface area contributed by atoms with Gasteiger partial charge in [0, 0.05) is 54.8 Å². The van der Waals surface area contributed by atoms with Gasteiger partial charge in [-0.25, -0.2) is 29.0 Å². The Morgan fingerprint density at radius 3 is 1.67 bits per heavy atom. The number of anilines is 1. The number of para-hydroxylation sites is 1. The van der Waals surface area contributed by atoms with Crippen LogP contribution in [0.4, 0.5) is 10.5 Å². The zero-order valence-electron chi connectivity index (χ0n) is 49.9. The number of amides is 1. The van der Waals surface area contributed by atoms with Crippen LogP contribution in [0, 0.1) is 5.41 Å². The van der Waals surface area contributed by atoms with Crippen molar-refractivity contribution in [1.29, 1.82) is 5.41 Å². The minimum Gasteiger partial charge on any atom is -0.493 e. The lowest BCUT2D eigenvalue weighted by Gasteiger charge is -2.38. The SMILES string of the molecule is C.COc1cc2c(cc1OCc1ccccc1)CCN(C(=O)OC(C)(C)C)C2CS(=O)(=O)C(=N)N(N)c1ccccc1.COc1cc2c(cc1OCc1ccccc1)CCNC2/C=C/c1ccc(-n2ccnc2)cc1.N.O=Cc1ccc(-n2ccnc2)cc1. The maximum atomic E-state index is 13.6. The van der Waals surface area contributed by atoms with Gasteiger partial charge in [-0.05, 0) is 145 Å². The molecule has 2 unspecified atom stereocenters. The van der Waals surface area contributed by atoms with Crippen LogP contribution in [0.1, 0.15) is 89.6 Å². The van der Waals surface area contributed by atoms with Crippen molar-refractivity contribution in [2.75, 3.05) is 38.1 Å². The Hall–Kier alpha value is -9.86. The highest BCUT2D eigenvalue weighted by atomic mass is 32.2. The molecule has 89 heavy (non-hydrogen) atoms. The van der Waals surface area contributed by atoms with Crippen LogP contribution in [0.2, 0.25) is 0 Å². The number of nitrogens with one attached hydrogen (secondary N) is 2. The van der Waals surface area contributed by atoms with Gasteiger partial charge in [0.25, 0.3) is 0 Å². The maximum Gasteiger partial charge on any atom is 0.410 e. The minimum absolute atomic E-state index is 0. The lowest BCUT2D eigenvalue weighted by molar-refractivity contribution is 0.0162. The van der Waals surface area contributed by atoms with Crippen LogP contribution in [0.3, 0.4) is 0 Å². The first-order valence-corrected chi connectivity index (χ1v) is 29.9. The lowest BCUT2D eigenvalue weighted by Crippen LogP contribution is -2.48. The first kappa shape index (κ1) is 66.7. The molecule has 11 rings (SSSR count). The molecule has 464 valence electrons. The van der Waals surface area contributed by atoms with E-state index in [2.05, 4.69) is 76.0 Å². The smallest absolute Gasteiger partial charge is 0.410 e. The zero-order valence-corrected chi connectivity index (χ0v) is 50.8. The highest BCUT2D eigenvalue weighted by Gasteiger charge is 2.39. The second-order valence-corrected chi connectivity index (χ2v) is 23.4. The number of carbonyl (C=O) groups excluding carboxylic acids is 2. The average Bonchev–Trinajstić information content (AvgIpc) is 3.22. The van der Waals surface area contributed by atoms with E-state index in [0.717, 1.165) is 69.4 Å². The highest BCUT2D eigenvalue weighted by Crippen LogP contribution is 2.41. The van der Waals surface area contributed by atoms with Gasteiger partial charge in [-0.2, -0.15) is 0 Å². The first-order chi connectivity index (χ1) is 42.1. The molecular formula is C69H78N10O9S. The molecular weight excluding hydrogens is 1140 g/mol. The fourth-order valence-electron chi connectivity index (χ4n) is 9.87. The maximum absolute atomic E-state index is 13.6. The third-order valence-corrected chi connectivity index (χ3v) is 15.9. The molecule has 9 aromatic rings. The van der Waals surface area contributed by atoms with Gasteiger partial charge in [0.1, 0.15) is 25.1 Å². The van der Waals surface area contributed by atoms with E-state index in [1.54, 1.807) is 101 Å².